The number of ether oxygens (including phenoxy) is 1. The van der Waals surface area contributed by atoms with Crippen molar-refractivity contribution in [2.75, 3.05) is 13.1 Å². The van der Waals surface area contributed by atoms with Gasteiger partial charge in [0.25, 0.3) is 0 Å². The Balaban J connectivity index is 0.000000191. The number of carboxylic acids is 1. The Morgan fingerprint density at radius 2 is 2.06 bits per heavy atom. The average Bonchev–Trinajstić information content (AvgIpc) is 3.18. The number of halogens is 1. The van der Waals surface area contributed by atoms with Crippen LogP contribution in [0.5, 0.6) is 5.75 Å². The van der Waals surface area contributed by atoms with E-state index >= 15 is 0 Å². The highest BCUT2D eigenvalue weighted by Crippen LogP contribution is 2.60. The van der Waals surface area contributed by atoms with Crippen LogP contribution in [0.4, 0.5) is 4.39 Å². The molecule has 0 saturated heterocycles. The van der Waals surface area contributed by atoms with Crippen molar-refractivity contribution >= 4 is 18.0 Å². The molecule has 9 heteroatoms. The molecule has 35 heavy (non-hydrogen) atoms. The third-order valence-corrected chi connectivity index (χ3v) is 8.15. The summed E-state index contributed by atoms with van der Waals surface area (Å²) >= 11 is 0. The van der Waals surface area contributed by atoms with Crippen LogP contribution in [0.25, 0.3) is 0 Å². The Kier molecular flexibility index (Phi) is 7.05. The zero-order valence-electron chi connectivity index (χ0n) is 20.2. The third kappa shape index (κ3) is 5.28. The van der Waals surface area contributed by atoms with Crippen molar-refractivity contribution in [1.29, 1.82) is 0 Å². The summed E-state index contributed by atoms with van der Waals surface area (Å²) in [6, 6.07) is 5.52. The molecule has 0 radical (unpaired) electrons. The number of rotatable bonds is 3. The van der Waals surface area contributed by atoms with Crippen LogP contribution in [-0.2, 0) is 16.0 Å². The van der Waals surface area contributed by atoms with Crippen molar-refractivity contribution in [1.82, 2.24) is 4.90 Å². The molecular formula is C26H33FN2O6. The predicted octanol–water partition coefficient (Wildman–Crippen LogP) is 4.48. The number of hydroxylamine groups is 1. The SMILES string of the molecule is CC(=O)Oc1ccc2c(c1)CCC1C2CC[C@]2(C)CCCC12.O=C(O)CN1CC(F)=C[N+]([O-])=C1O. The number of fused-ring (bicyclic) bond motifs is 5. The molecule has 1 heterocycles. The van der Waals surface area contributed by atoms with Crippen LogP contribution < -0.4 is 4.74 Å². The van der Waals surface area contributed by atoms with Crippen LogP contribution in [0, 0.1) is 22.5 Å². The summed E-state index contributed by atoms with van der Waals surface area (Å²) in [5, 5.41) is 28.0. The lowest BCUT2D eigenvalue weighted by Gasteiger charge is -2.49. The molecule has 1 aliphatic heterocycles. The molecule has 4 atom stereocenters. The second kappa shape index (κ2) is 9.87. The average molecular weight is 489 g/mol. The Morgan fingerprint density at radius 1 is 1.29 bits per heavy atom. The van der Waals surface area contributed by atoms with Crippen LogP contribution in [0.15, 0.2) is 30.2 Å². The Labute approximate surface area is 204 Å². The number of carbonyl (C=O) groups is 2. The van der Waals surface area contributed by atoms with Gasteiger partial charge in [-0.1, -0.05) is 19.4 Å². The fourth-order valence-corrected chi connectivity index (χ4v) is 6.69. The Hall–Kier alpha value is -3.10. The first kappa shape index (κ1) is 25.0. The Bertz CT molecular complexity index is 1070. The van der Waals surface area contributed by atoms with Crippen molar-refractivity contribution in [2.45, 2.75) is 64.7 Å². The number of aliphatic carboxylic acids is 1. The standard InChI is InChI=1S/C20H26O2.C6H7FN2O4/c1-13(21)22-15-6-8-16-14(12-15)5-7-18-17(16)9-11-20(2)10-3-4-19(18)20;7-4-1-8(3-5(10)11)6(12)9(13)2-4/h6,8,12,17-19H,3-5,7,9-11H2,1-2H3;2,12H,1,3H2,(H,10,11)/t17?,18?,19?,20-;/m0./s1. The van der Waals surface area contributed by atoms with Gasteiger partial charge >= 0.3 is 18.0 Å². The molecular weight excluding hydrogens is 455 g/mol. The van der Waals surface area contributed by atoms with Gasteiger partial charge in [0.1, 0.15) is 18.5 Å². The number of aliphatic hydroxyl groups excluding tert-OH is 1. The van der Waals surface area contributed by atoms with Crippen molar-refractivity contribution in [3.8, 4) is 5.75 Å². The van der Waals surface area contributed by atoms with Crippen LogP contribution >= 0.6 is 0 Å². The monoisotopic (exact) mass is 488 g/mol. The van der Waals surface area contributed by atoms with Gasteiger partial charge in [-0.15, -0.1) is 0 Å². The van der Waals surface area contributed by atoms with Gasteiger partial charge in [-0.3, -0.25) is 4.79 Å². The first-order valence-corrected chi connectivity index (χ1v) is 12.2. The van der Waals surface area contributed by atoms with Crippen molar-refractivity contribution in [3.05, 3.63) is 46.6 Å². The van der Waals surface area contributed by atoms with Gasteiger partial charge in [0.15, 0.2) is 12.4 Å². The van der Waals surface area contributed by atoms with Gasteiger partial charge in [0.05, 0.1) is 0 Å². The number of benzene rings is 1. The quantitative estimate of drug-likeness (QED) is 0.279. The number of carbonyl (C=O) groups excluding carboxylic acids is 1. The van der Waals surface area contributed by atoms with Gasteiger partial charge in [-0.2, -0.15) is 0 Å². The number of amidine groups is 1. The van der Waals surface area contributed by atoms with Crippen LogP contribution in [0.3, 0.4) is 0 Å². The minimum atomic E-state index is -1.25. The first-order chi connectivity index (χ1) is 16.6. The lowest BCUT2D eigenvalue weighted by atomic mass is 9.56. The molecule has 2 fully saturated rings. The number of hydrogen-bond acceptors (Lipinski definition) is 5. The van der Waals surface area contributed by atoms with Gasteiger partial charge in [-0.05, 0) is 85.0 Å². The van der Waals surface area contributed by atoms with Gasteiger partial charge < -0.3 is 20.2 Å². The van der Waals surface area contributed by atoms with Crippen LogP contribution in [0.2, 0.25) is 0 Å². The van der Waals surface area contributed by atoms with Crippen molar-refractivity contribution in [3.63, 3.8) is 0 Å². The van der Waals surface area contributed by atoms with E-state index in [2.05, 4.69) is 19.1 Å². The number of hydrogen-bond donors (Lipinski definition) is 2. The largest absolute Gasteiger partial charge is 0.708 e. The van der Waals surface area contributed by atoms with E-state index in [1.165, 1.54) is 51.0 Å². The molecule has 0 amide bonds. The third-order valence-electron chi connectivity index (χ3n) is 8.15. The summed E-state index contributed by atoms with van der Waals surface area (Å²) < 4.78 is 17.7. The molecule has 3 unspecified atom stereocenters. The first-order valence-electron chi connectivity index (χ1n) is 12.2. The number of aliphatic hydroxyl groups is 1. The fourth-order valence-electron chi connectivity index (χ4n) is 6.69. The summed E-state index contributed by atoms with van der Waals surface area (Å²) in [4.78, 5) is 22.1. The molecule has 0 spiro atoms. The predicted molar refractivity (Wildman–Crippen MR) is 127 cm³/mol. The fraction of sp³-hybridized carbons (Fsp3) is 0.577. The second-order valence-electron chi connectivity index (χ2n) is 10.4. The van der Waals surface area contributed by atoms with Gasteiger partial charge in [-0.25, -0.2) is 18.8 Å². The summed E-state index contributed by atoms with van der Waals surface area (Å²) in [5.41, 5.74) is 3.58. The molecule has 5 rings (SSSR count). The van der Waals surface area contributed by atoms with Gasteiger partial charge in [0, 0.05) is 6.92 Å². The lowest BCUT2D eigenvalue weighted by Crippen LogP contribution is -2.42. The van der Waals surface area contributed by atoms with Crippen LogP contribution in [-0.4, -0.2) is 50.9 Å². The molecule has 2 N–H and O–H groups in total. The van der Waals surface area contributed by atoms with E-state index in [0.29, 0.717) is 22.3 Å². The second-order valence-corrected chi connectivity index (χ2v) is 10.4. The van der Waals surface area contributed by atoms with E-state index in [-0.39, 0.29) is 10.7 Å². The molecule has 0 bridgehead atoms. The number of nitrogens with zero attached hydrogens (tertiary/aromatic N) is 2. The zero-order chi connectivity index (χ0) is 25.3. The maximum absolute atomic E-state index is 12.6. The maximum Gasteiger partial charge on any atom is 0.452 e. The smallest absolute Gasteiger partial charge is 0.452 e. The molecule has 1 aromatic carbocycles. The van der Waals surface area contributed by atoms with E-state index in [1.54, 1.807) is 5.56 Å². The topological polar surface area (TPSA) is 113 Å². The Morgan fingerprint density at radius 3 is 2.77 bits per heavy atom. The summed E-state index contributed by atoms with van der Waals surface area (Å²) in [6.45, 7) is 2.99. The van der Waals surface area contributed by atoms with E-state index in [0.717, 1.165) is 24.2 Å². The zero-order valence-corrected chi connectivity index (χ0v) is 20.2. The number of aryl methyl sites for hydroxylation is 1. The normalized spacial score (nSPS) is 29.2. The van der Waals surface area contributed by atoms with Crippen LogP contribution in [0.1, 0.15) is 69.4 Å². The number of carboxylic acid groups (broad SMARTS) is 1. The molecule has 0 aromatic heterocycles. The van der Waals surface area contributed by atoms with Crippen molar-refractivity contribution < 1.29 is 33.7 Å². The molecule has 2 saturated carbocycles. The van der Waals surface area contributed by atoms with Gasteiger partial charge in [0.2, 0.25) is 0 Å². The summed E-state index contributed by atoms with van der Waals surface area (Å²) in [7, 11) is 0. The highest BCUT2D eigenvalue weighted by atomic mass is 19.1. The van der Waals surface area contributed by atoms with E-state index in [9.17, 15) is 19.2 Å². The maximum atomic E-state index is 12.6. The molecule has 4 aliphatic rings. The number of esters is 1. The molecule has 190 valence electrons. The summed E-state index contributed by atoms with van der Waals surface area (Å²) in [6.07, 6.45) is 10.1. The van der Waals surface area contributed by atoms with Crippen molar-refractivity contribution in [2.24, 2.45) is 17.3 Å². The molecule has 1 aromatic rings. The minimum absolute atomic E-state index is 0.123. The lowest BCUT2D eigenvalue weighted by molar-refractivity contribution is -0.403. The van der Waals surface area contributed by atoms with E-state index in [4.69, 9.17) is 14.9 Å². The van der Waals surface area contributed by atoms with E-state index < -0.39 is 30.9 Å². The molecule has 3 aliphatic carbocycles. The minimum Gasteiger partial charge on any atom is -0.708 e. The van der Waals surface area contributed by atoms with E-state index in [1.807, 2.05) is 6.07 Å². The highest BCUT2D eigenvalue weighted by molar-refractivity contribution is 5.76. The summed E-state index contributed by atoms with van der Waals surface area (Å²) in [5.74, 6) is 0.995. The highest BCUT2D eigenvalue weighted by Gasteiger charge is 2.50. The molecule has 8 nitrogen and oxygen atoms in total.